The average Bonchev–Trinajstić information content (AvgIpc) is 2.27. The predicted molar refractivity (Wildman–Crippen MR) is 71.5 cm³/mol. The molecule has 0 amide bonds. The summed E-state index contributed by atoms with van der Waals surface area (Å²) in [7, 11) is -2.90. The SMILES string of the molecule is CCS(=O)(=O)CCCNc1ccc(F)cc1Br. The lowest BCUT2D eigenvalue weighted by Crippen LogP contribution is -2.13. The van der Waals surface area contributed by atoms with Crippen LogP contribution in [0.25, 0.3) is 0 Å². The molecular formula is C11H15BrFNO2S. The van der Waals surface area contributed by atoms with E-state index in [0.29, 0.717) is 17.4 Å². The number of sulfone groups is 1. The molecule has 1 aromatic carbocycles. The fourth-order valence-electron chi connectivity index (χ4n) is 1.29. The maximum absolute atomic E-state index is 12.8. The molecule has 0 aromatic heterocycles. The van der Waals surface area contributed by atoms with Crippen LogP contribution in [0.4, 0.5) is 10.1 Å². The highest BCUT2D eigenvalue weighted by atomic mass is 79.9. The molecule has 0 unspecified atom stereocenters. The molecule has 0 aliphatic heterocycles. The quantitative estimate of drug-likeness (QED) is 0.819. The highest BCUT2D eigenvalue weighted by Crippen LogP contribution is 2.22. The van der Waals surface area contributed by atoms with Gasteiger partial charge in [-0.05, 0) is 40.5 Å². The average molecular weight is 324 g/mol. The van der Waals surface area contributed by atoms with Crippen molar-refractivity contribution in [3.63, 3.8) is 0 Å². The highest BCUT2D eigenvalue weighted by molar-refractivity contribution is 9.10. The van der Waals surface area contributed by atoms with E-state index >= 15 is 0 Å². The van der Waals surface area contributed by atoms with Crippen LogP contribution >= 0.6 is 15.9 Å². The Labute approximate surface area is 109 Å². The Kier molecular flexibility index (Phi) is 5.39. The molecule has 1 aromatic rings. The molecule has 17 heavy (non-hydrogen) atoms. The Morgan fingerprint density at radius 1 is 1.41 bits per heavy atom. The van der Waals surface area contributed by atoms with E-state index in [1.165, 1.54) is 12.1 Å². The number of rotatable bonds is 6. The Morgan fingerprint density at radius 3 is 2.71 bits per heavy atom. The first-order valence-corrected chi connectivity index (χ1v) is 7.95. The Morgan fingerprint density at radius 2 is 2.12 bits per heavy atom. The van der Waals surface area contributed by atoms with E-state index in [9.17, 15) is 12.8 Å². The number of benzene rings is 1. The van der Waals surface area contributed by atoms with Gasteiger partial charge in [-0.15, -0.1) is 0 Å². The molecule has 0 atom stereocenters. The largest absolute Gasteiger partial charge is 0.384 e. The van der Waals surface area contributed by atoms with Crippen molar-refractivity contribution in [1.82, 2.24) is 0 Å². The summed E-state index contributed by atoms with van der Waals surface area (Å²) in [6.07, 6.45) is 0.542. The molecular weight excluding hydrogens is 309 g/mol. The number of hydrogen-bond acceptors (Lipinski definition) is 3. The topological polar surface area (TPSA) is 46.2 Å². The van der Waals surface area contributed by atoms with Gasteiger partial charge in [0.15, 0.2) is 0 Å². The molecule has 0 radical (unpaired) electrons. The van der Waals surface area contributed by atoms with Crippen LogP contribution in [0, 0.1) is 5.82 Å². The summed E-state index contributed by atoms with van der Waals surface area (Å²) in [6.45, 7) is 2.18. The summed E-state index contributed by atoms with van der Waals surface area (Å²) in [5.74, 6) is 0.0405. The van der Waals surface area contributed by atoms with Crippen LogP contribution in [0.1, 0.15) is 13.3 Å². The standard InChI is InChI=1S/C11H15BrFNO2S/c1-2-17(15,16)7-3-6-14-11-5-4-9(13)8-10(11)12/h4-5,8,14H,2-3,6-7H2,1H3. The summed E-state index contributed by atoms with van der Waals surface area (Å²) in [5.41, 5.74) is 0.764. The first-order valence-electron chi connectivity index (χ1n) is 5.34. The molecule has 1 N–H and O–H groups in total. The summed E-state index contributed by atoms with van der Waals surface area (Å²) < 4.78 is 35.9. The number of nitrogens with one attached hydrogen (secondary N) is 1. The lowest BCUT2D eigenvalue weighted by molar-refractivity contribution is 0.595. The van der Waals surface area contributed by atoms with Gasteiger partial charge in [-0.3, -0.25) is 0 Å². The highest BCUT2D eigenvalue weighted by Gasteiger charge is 2.06. The predicted octanol–water partition coefficient (Wildman–Crippen LogP) is 2.82. The van der Waals surface area contributed by atoms with Crippen molar-refractivity contribution in [1.29, 1.82) is 0 Å². The zero-order valence-corrected chi connectivity index (χ0v) is 11.9. The first-order chi connectivity index (χ1) is 7.94. The fourth-order valence-corrected chi connectivity index (χ4v) is 2.66. The molecule has 0 spiro atoms. The minimum Gasteiger partial charge on any atom is -0.384 e. The lowest BCUT2D eigenvalue weighted by Gasteiger charge is -2.08. The van der Waals surface area contributed by atoms with E-state index in [4.69, 9.17) is 0 Å². The molecule has 0 aliphatic rings. The van der Waals surface area contributed by atoms with Gasteiger partial charge in [0.05, 0.1) is 5.75 Å². The van der Waals surface area contributed by atoms with Gasteiger partial charge in [0.25, 0.3) is 0 Å². The second kappa shape index (κ2) is 6.35. The Bertz CT molecular complexity index is 476. The van der Waals surface area contributed by atoms with Crippen molar-refractivity contribution in [3.05, 3.63) is 28.5 Å². The molecule has 0 saturated heterocycles. The van der Waals surface area contributed by atoms with Crippen molar-refractivity contribution < 1.29 is 12.8 Å². The van der Waals surface area contributed by atoms with Gasteiger partial charge in [-0.2, -0.15) is 0 Å². The monoisotopic (exact) mass is 323 g/mol. The Balaban J connectivity index is 2.41. The lowest BCUT2D eigenvalue weighted by atomic mass is 10.3. The minimum atomic E-state index is -2.90. The maximum atomic E-state index is 12.8. The van der Waals surface area contributed by atoms with Crippen LogP contribution in [0.3, 0.4) is 0 Å². The zero-order valence-electron chi connectivity index (χ0n) is 9.54. The van der Waals surface area contributed by atoms with Crippen LogP contribution < -0.4 is 5.32 Å². The number of anilines is 1. The summed E-state index contributed by atoms with van der Waals surface area (Å²) in [5, 5.41) is 3.06. The third kappa shape index (κ3) is 5.04. The first kappa shape index (κ1) is 14.4. The van der Waals surface area contributed by atoms with Gasteiger partial charge in [0, 0.05) is 22.5 Å². The van der Waals surface area contributed by atoms with E-state index < -0.39 is 9.84 Å². The molecule has 6 heteroatoms. The van der Waals surface area contributed by atoms with Gasteiger partial charge in [-0.25, -0.2) is 12.8 Å². The smallest absolute Gasteiger partial charge is 0.150 e. The van der Waals surface area contributed by atoms with Crippen LogP contribution in [0.15, 0.2) is 22.7 Å². The second-order valence-electron chi connectivity index (χ2n) is 3.64. The molecule has 0 fully saturated rings. The van der Waals surface area contributed by atoms with E-state index in [-0.39, 0.29) is 17.3 Å². The summed E-state index contributed by atoms with van der Waals surface area (Å²) in [4.78, 5) is 0. The third-order valence-electron chi connectivity index (χ3n) is 2.32. The number of hydrogen-bond donors (Lipinski definition) is 1. The maximum Gasteiger partial charge on any atom is 0.150 e. The summed E-state index contributed by atoms with van der Waals surface area (Å²) in [6, 6.07) is 4.34. The van der Waals surface area contributed by atoms with Crippen molar-refractivity contribution in [2.75, 3.05) is 23.4 Å². The van der Waals surface area contributed by atoms with Gasteiger partial charge in [-0.1, -0.05) is 6.92 Å². The van der Waals surface area contributed by atoms with Crippen LogP contribution in [0.5, 0.6) is 0 Å². The molecule has 0 aliphatic carbocycles. The van der Waals surface area contributed by atoms with E-state index in [1.54, 1.807) is 13.0 Å². The minimum absolute atomic E-state index is 0.174. The van der Waals surface area contributed by atoms with E-state index in [0.717, 1.165) is 5.69 Å². The van der Waals surface area contributed by atoms with Crippen molar-refractivity contribution in [2.45, 2.75) is 13.3 Å². The molecule has 3 nitrogen and oxygen atoms in total. The van der Waals surface area contributed by atoms with Gasteiger partial charge < -0.3 is 5.32 Å². The third-order valence-corrected chi connectivity index (χ3v) is 4.76. The second-order valence-corrected chi connectivity index (χ2v) is 6.97. The van der Waals surface area contributed by atoms with Gasteiger partial charge in [0.2, 0.25) is 0 Å². The Hall–Kier alpha value is -0.620. The van der Waals surface area contributed by atoms with Crippen LogP contribution in [0.2, 0.25) is 0 Å². The van der Waals surface area contributed by atoms with Crippen LogP contribution in [-0.4, -0.2) is 26.5 Å². The van der Waals surface area contributed by atoms with Crippen molar-refractivity contribution in [2.24, 2.45) is 0 Å². The van der Waals surface area contributed by atoms with Gasteiger partial charge >= 0.3 is 0 Å². The molecule has 0 saturated carbocycles. The van der Waals surface area contributed by atoms with E-state index in [2.05, 4.69) is 21.2 Å². The normalized spacial score (nSPS) is 11.5. The van der Waals surface area contributed by atoms with Crippen LogP contribution in [-0.2, 0) is 9.84 Å². The molecule has 0 heterocycles. The molecule has 1 rings (SSSR count). The molecule has 0 bridgehead atoms. The van der Waals surface area contributed by atoms with Crippen molar-refractivity contribution in [3.8, 4) is 0 Å². The van der Waals surface area contributed by atoms with Gasteiger partial charge in [0.1, 0.15) is 15.7 Å². The summed E-state index contributed by atoms with van der Waals surface area (Å²) >= 11 is 3.23. The fraction of sp³-hybridized carbons (Fsp3) is 0.455. The zero-order chi connectivity index (χ0) is 12.9. The molecule has 96 valence electrons. The number of halogens is 2. The van der Waals surface area contributed by atoms with E-state index in [1.807, 2.05) is 0 Å². The van der Waals surface area contributed by atoms with Crippen molar-refractivity contribution >= 4 is 31.5 Å².